The van der Waals surface area contributed by atoms with Crippen molar-refractivity contribution in [2.45, 2.75) is 6.61 Å². The number of hydrogen-bond acceptors (Lipinski definition) is 4. The lowest BCUT2D eigenvalue weighted by Gasteiger charge is -2.02. The van der Waals surface area contributed by atoms with Crippen molar-refractivity contribution in [3.8, 4) is 0 Å². The smallest absolute Gasteiger partial charge is 0.295 e. The van der Waals surface area contributed by atoms with Crippen molar-refractivity contribution >= 4 is 16.6 Å². The molecule has 0 bridgehead atoms. The van der Waals surface area contributed by atoms with E-state index in [1.165, 1.54) is 12.3 Å². The van der Waals surface area contributed by atoms with Crippen LogP contribution in [0, 0.1) is 10.1 Å². The molecule has 0 spiro atoms. The summed E-state index contributed by atoms with van der Waals surface area (Å²) in [6.45, 7) is -0.153. The van der Waals surface area contributed by atoms with Gasteiger partial charge in [-0.2, -0.15) is 0 Å². The van der Waals surface area contributed by atoms with Crippen LogP contribution in [0.2, 0.25) is 0 Å². The van der Waals surface area contributed by atoms with Gasteiger partial charge in [-0.05, 0) is 17.7 Å². The number of nitro groups is 1. The molecule has 0 amide bonds. The molecule has 0 fully saturated rings. The lowest BCUT2D eigenvalue weighted by molar-refractivity contribution is -0.383. The van der Waals surface area contributed by atoms with Crippen molar-refractivity contribution in [3.05, 3.63) is 46.1 Å². The number of non-ortho nitro benzene ring substituents is 1. The number of aliphatic hydroxyl groups excluding tert-OH is 1. The predicted molar refractivity (Wildman–Crippen MR) is 54.3 cm³/mol. The molecule has 1 aromatic carbocycles. The molecule has 1 N–H and O–H groups in total. The number of benzene rings is 1. The molecular weight excluding hydrogens is 196 g/mol. The Hall–Kier alpha value is -2.01. The third kappa shape index (κ3) is 1.53. The minimum absolute atomic E-state index is 0.0391. The Bertz CT molecular complexity index is 525. The highest BCUT2D eigenvalue weighted by Gasteiger charge is 2.14. The van der Waals surface area contributed by atoms with Gasteiger partial charge in [0.15, 0.2) is 0 Å². The van der Waals surface area contributed by atoms with Crippen LogP contribution in [0.25, 0.3) is 10.9 Å². The molecule has 2 rings (SSSR count). The molecule has 0 aliphatic rings. The molecule has 0 unspecified atom stereocenters. The maximum absolute atomic E-state index is 10.7. The monoisotopic (exact) mass is 204 g/mol. The first-order valence-corrected chi connectivity index (χ1v) is 4.36. The first-order valence-electron chi connectivity index (χ1n) is 4.36. The van der Waals surface area contributed by atoms with Crippen LogP contribution in [0.15, 0.2) is 30.5 Å². The third-order valence-corrected chi connectivity index (χ3v) is 2.21. The van der Waals surface area contributed by atoms with E-state index in [0.29, 0.717) is 16.5 Å². The van der Waals surface area contributed by atoms with Gasteiger partial charge in [-0.25, -0.2) is 4.98 Å². The van der Waals surface area contributed by atoms with Gasteiger partial charge in [0.05, 0.1) is 11.5 Å². The highest BCUT2D eigenvalue weighted by molar-refractivity contribution is 5.89. The molecule has 1 heterocycles. The Balaban J connectivity index is 2.83. The van der Waals surface area contributed by atoms with Crippen molar-refractivity contribution in [3.63, 3.8) is 0 Å². The summed E-state index contributed by atoms with van der Waals surface area (Å²) in [6.07, 6.45) is 1.50. The van der Waals surface area contributed by atoms with E-state index in [0.717, 1.165) is 0 Å². The Morgan fingerprint density at radius 3 is 2.87 bits per heavy atom. The van der Waals surface area contributed by atoms with Crippen molar-refractivity contribution in [2.75, 3.05) is 0 Å². The van der Waals surface area contributed by atoms with Gasteiger partial charge in [0.2, 0.25) is 0 Å². The van der Waals surface area contributed by atoms with Crippen molar-refractivity contribution < 1.29 is 10.0 Å². The van der Waals surface area contributed by atoms with E-state index in [4.69, 9.17) is 5.11 Å². The fraction of sp³-hybridized carbons (Fsp3) is 0.100. The Labute approximate surface area is 85.1 Å². The van der Waals surface area contributed by atoms with Gasteiger partial charge in [-0.1, -0.05) is 6.07 Å². The lowest BCUT2D eigenvalue weighted by Crippen LogP contribution is -1.94. The SMILES string of the molecule is O=[N+]([O-])c1ccc(CO)c2cccnc12. The summed E-state index contributed by atoms with van der Waals surface area (Å²) in [5.41, 5.74) is 0.917. The minimum atomic E-state index is -0.476. The number of aromatic nitrogens is 1. The topological polar surface area (TPSA) is 76.3 Å². The molecule has 0 saturated heterocycles. The largest absolute Gasteiger partial charge is 0.392 e. The highest BCUT2D eigenvalue weighted by atomic mass is 16.6. The van der Waals surface area contributed by atoms with Gasteiger partial charge in [0.25, 0.3) is 5.69 Å². The van der Waals surface area contributed by atoms with Crippen LogP contribution in [0.5, 0.6) is 0 Å². The average Bonchev–Trinajstić information content (AvgIpc) is 2.27. The molecule has 1 aromatic heterocycles. The molecule has 5 nitrogen and oxygen atoms in total. The van der Waals surface area contributed by atoms with E-state index < -0.39 is 4.92 Å². The van der Waals surface area contributed by atoms with Crippen molar-refractivity contribution in [1.82, 2.24) is 4.98 Å². The number of nitrogens with zero attached hydrogens (tertiary/aromatic N) is 2. The standard InChI is InChI=1S/C10H8N2O3/c13-6-7-3-4-9(12(14)15)10-8(7)2-1-5-11-10/h1-5,13H,6H2. The van der Waals surface area contributed by atoms with Gasteiger partial charge < -0.3 is 5.11 Å². The highest BCUT2D eigenvalue weighted by Crippen LogP contribution is 2.26. The van der Waals surface area contributed by atoms with Crippen LogP contribution >= 0.6 is 0 Å². The number of nitro benzene ring substituents is 1. The van der Waals surface area contributed by atoms with Gasteiger partial charge in [-0.3, -0.25) is 10.1 Å². The van der Waals surface area contributed by atoms with Crippen molar-refractivity contribution in [2.24, 2.45) is 0 Å². The Morgan fingerprint density at radius 1 is 1.40 bits per heavy atom. The van der Waals surface area contributed by atoms with Crippen LogP contribution in [-0.2, 0) is 6.61 Å². The lowest BCUT2D eigenvalue weighted by atomic mass is 10.1. The number of aliphatic hydroxyl groups is 1. The number of rotatable bonds is 2. The summed E-state index contributed by atoms with van der Waals surface area (Å²) in [7, 11) is 0. The summed E-state index contributed by atoms with van der Waals surface area (Å²) in [4.78, 5) is 14.2. The fourth-order valence-electron chi connectivity index (χ4n) is 1.50. The fourth-order valence-corrected chi connectivity index (χ4v) is 1.50. The first-order chi connectivity index (χ1) is 7.24. The zero-order chi connectivity index (χ0) is 10.8. The Kier molecular flexibility index (Phi) is 2.31. The van der Waals surface area contributed by atoms with E-state index in [9.17, 15) is 10.1 Å². The number of pyridine rings is 1. The van der Waals surface area contributed by atoms with E-state index in [1.54, 1.807) is 18.2 Å². The Morgan fingerprint density at radius 2 is 2.20 bits per heavy atom. The molecule has 0 radical (unpaired) electrons. The van der Waals surface area contributed by atoms with E-state index >= 15 is 0 Å². The summed E-state index contributed by atoms with van der Waals surface area (Å²) in [6, 6.07) is 6.30. The van der Waals surface area contributed by atoms with E-state index in [-0.39, 0.29) is 12.3 Å². The molecule has 15 heavy (non-hydrogen) atoms. The number of hydrogen-bond donors (Lipinski definition) is 1. The summed E-state index contributed by atoms with van der Waals surface area (Å²) in [5, 5.41) is 20.4. The van der Waals surface area contributed by atoms with Gasteiger partial charge in [0.1, 0.15) is 5.52 Å². The quantitative estimate of drug-likeness (QED) is 0.595. The molecule has 2 aromatic rings. The van der Waals surface area contributed by atoms with Crippen LogP contribution in [-0.4, -0.2) is 15.0 Å². The minimum Gasteiger partial charge on any atom is -0.392 e. The second kappa shape index (κ2) is 3.62. The maximum Gasteiger partial charge on any atom is 0.295 e. The molecule has 76 valence electrons. The summed E-state index contributed by atoms with van der Waals surface area (Å²) >= 11 is 0. The molecular formula is C10H8N2O3. The second-order valence-corrected chi connectivity index (χ2v) is 3.06. The van der Waals surface area contributed by atoms with E-state index in [2.05, 4.69) is 4.98 Å². The number of fused-ring (bicyclic) bond motifs is 1. The van der Waals surface area contributed by atoms with E-state index in [1.807, 2.05) is 0 Å². The molecule has 0 aliphatic carbocycles. The molecule has 0 aliphatic heterocycles. The van der Waals surface area contributed by atoms with Crippen LogP contribution < -0.4 is 0 Å². The maximum atomic E-state index is 10.7. The third-order valence-electron chi connectivity index (χ3n) is 2.21. The van der Waals surface area contributed by atoms with Crippen molar-refractivity contribution in [1.29, 1.82) is 0 Å². The van der Waals surface area contributed by atoms with Gasteiger partial charge in [-0.15, -0.1) is 0 Å². The predicted octanol–water partition coefficient (Wildman–Crippen LogP) is 1.64. The van der Waals surface area contributed by atoms with Crippen LogP contribution in [0.1, 0.15) is 5.56 Å². The molecule has 5 heteroatoms. The molecule has 0 atom stereocenters. The summed E-state index contributed by atoms with van der Waals surface area (Å²) in [5.74, 6) is 0. The second-order valence-electron chi connectivity index (χ2n) is 3.06. The zero-order valence-corrected chi connectivity index (χ0v) is 7.75. The van der Waals surface area contributed by atoms with Gasteiger partial charge >= 0.3 is 0 Å². The zero-order valence-electron chi connectivity index (χ0n) is 7.75. The van der Waals surface area contributed by atoms with Crippen LogP contribution in [0.4, 0.5) is 5.69 Å². The first kappa shape index (κ1) is 9.54. The molecule has 0 saturated carbocycles. The van der Waals surface area contributed by atoms with Gasteiger partial charge in [0, 0.05) is 17.6 Å². The average molecular weight is 204 g/mol. The van der Waals surface area contributed by atoms with Crippen LogP contribution in [0.3, 0.4) is 0 Å². The normalized spacial score (nSPS) is 10.5. The summed E-state index contributed by atoms with van der Waals surface area (Å²) < 4.78 is 0.